The van der Waals surface area contributed by atoms with E-state index < -0.39 is 0 Å². The van der Waals surface area contributed by atoms with Gasteiger partial charge in [-0.05, 0) is 24.5 Å². The van der Waals surface area contributed by atoms with Gasteiger partial charge in [0, 0.05) is 6.54 Å². The molecule has 16 heavy (non-hydrogen) atoms. The number of anilines is 1. The van der Waals surface area contributed by atoms with Crippen molar-refractivity contribution in [1.29, 1.82) is 5.26 Å². The van der Waals surface area contributed by atoms with Crippen LogP contribution in [0.3, 0.4) is 0 Å². The Labute approximate surface area is 95.1 Å². The molecule has 0 bridgehead atoms. The molecular weight excluding hydrogens is 202 g/mol. The molecule has 2 atom stereocenters. The number of nitriles is 1. The third kappa shape index (κ3) is 1.86. The molecule has 0 spiro atoms. The van der Waals surface area contributed by atoms with E-state index in [-0.39, 0.29) is 12.6 Å². The summed E-state index contributed by atoms with van der Waals surface area (Å²) >= 11 is 0. The van der Waals surface area contributed by atoms with E-state index in [4.69, 9.17) is 5.26 Å². The van der Waals surface area contributed by atoms with Crippen LogP contribution >= 0.6 is 0 Å². The van der Waals surface area contributed by atoms with Crippen LogP contribution < -0.4 is 4.90 Å². The Hall–Kier alpha value is -1.60. The maximum Gasteiger partial charge on any atom is 0.140 e. The van der Waals surface area contributed by atoms with Crippen molar-refractivity contribution in [2.75, 3.05) is 18.1 Å². The second-order valence-electron chi connectivity index (χ2n) is 4.22. The van der Waals surface area contributed by atoms with Gasteiger partial charge in [0.25, 0.3) is 0 Å². The van der Waals surface area contributed by atoms with Crippen molar-refractivity contribution in [3.8, 4) is 6.07 Å². The molecule has 1 saturated heterocycles. The molecule has 1 aliphatic heterocycles. The van der Waals surface area contributed by atoms with Crippen molar-refractivity contribution in [2.45, 2.75) is 19.4 Å². The SMILES string of the molecule is CC1CCN(c2ccc(C#N)nc2)C1CO. The van der Waals surface area contributed by atoms with Crippen LogP contribution in [0.4, 0.5) is 5.69 Å². The fourth-order valence-electron chi connectivity index (χ4n) is 2.23. The van der Waals surface area contributed by atoms with Crippen molar-refractivity contribution in [1.82, 2.24) is 4.98 Å². The molecule has 0 aliphatic carbocycles. The summed E-state index contributed by atoms with van der Waals surface area (Å²) in [7, 11) is 0. The highest BCUT2D eigenvalue weighted by Crippen LogP contribution is 2.28. The van der Waals surface area contributed by atoms with E-state index in [0.717, 1.165) is 18.7 Å². The van der Waals surface area contributed by atoms with Crippen LogP contribution in [-0.4, -0.2) is 29.3 Å². The number of rotatable bonds is 2. The van der Waals surface area contributed by atoms with E-state index in [9.17, 15) is 5.11 Å². The summed E-state index contributed by atoms with van der Waals surface area (Å²) in [5, 5.41) is 18.0. The highest BCUT2D eigenvalue weighted by Gasteiger charge is 2.30. The smallest absolute Gasteiger partial charge is 0.140 e. The second-order valence-corrected chi connectivity index (χ2v) is 4.22. The highest BCUT2D eigenvalue weighted by atomic mass is 16.3. The van der Waals surface area contributed by atoms with Gasteiger partial charge < -0.3 is 10.0 Å². The van der Waals surface area contributed by atoms with Crippen molar-refractivity contribution >= 4 is 5.69 Å². The van der Waals surface area contributed by atoms with E-state index in [1.165, 1.54) is 0 Å². The lowest BCUT2D eigenvalue weighted by atomic mass is 10.0. The minimum absolute atomic E-state index is 0.168. The standard InChI is InChI=1S/C12H15N3O/c1-9-4-5-15(12(9)8-16)11-3-2-10(6-13)14-7-11/h2-3,7,9,12,16H,4-5,8H2,1H3. The number of pyridine rings is 1. The molecular formula is C12H15N3O. The molecule has 2 unspecified atom stereocenters. The van der Waals surface area contributed by atoms with Gasteiger partial charge in [0.2, 0.25) is 0 Å². The van der Waals surface area contributed by atoms with Gasteiger partial charge in [0.1, 0.15) is 11.8 Å². The lowest BCUT2D eigenvalue weighted by molar-refractivity contribution is 0.244. The monoisotopic (exact) mass is 217 g/mol. The van der Waals surface area contributed by atoms with Crippen LogP contribution in [0.5, 0.6) is 0 Å². The van der Waals surface area contributed by atoms with Crippen molar-refractivity contribution in [2.24, 2.45) is 5.92 Å². The molecule has 1 N–H and O–H groups in total. The average Bonchev–Trinajstić information content (AvgIpc) is 2.70. The Morgan fingerprint density at radius 2 is 2.44 bits per heavy atom. The Kier molecular flexibility index (Phi) is 3.07. The topological polar surface area (TPSA) is 60.2 Å². The minimum atomic E-state index is 0.168. The largest absolute Gasteiger partial charge is 0.394 e. The molecule has 4 nitrogen and oxygen atoms in total. The molecule has 0 radical (unpaired) electrons. The van der Waals surface area contributed by atoms with Crippen molar-refractivity contribution < 1.29 is 5.11 Å². The third-order valence-electron chi connectivity index (χ3n) is 3.26. The lowest BCUT2D eigenvalue weighted by Crippen LogP contribution is -2.35. The van der Waals surface area contributed by atoms with Crippen LogP contribution in [0.15, 0.2) is 18.3 Å². The third-order valence-corrected chi connectivity index (χ3v) is 3.26. The predicted octanol–water partition coefficient (Wildman–Crippen LogP) is 1.16. The average molecular weight is 217 g/mol. The van der Waals surface area contributed by atoms with E-state index in [2.05, 4.69) is 16.8 Å². The highest BCUT2D eigenvalue weighted by molar-refractivity contribution is 5.48. The minimum Gasteiger partial charge on any atom is -0.394 e. The maximum absolute atomic E-state index is 9.35. The molecule has 0 amide bonds. The predicted molar refractivity (Wildman–Crippen MR) is 61.0 cm³/mol. The maximum atomic E-state index is 9.35. The summed E-state index contributed by atoms with van der Waals surface area (Å²) < 4.78 is 0. The van der Waals surface area contributed by atoms with Gasteiger partial charge in [0.15, 0.2) is 0 Å². The first kappa shape index (κ1) is 10.9. The second kappa shape index (κ2) is 4.50. The number of aromatic nitrogens is 1. The molecule has 2 rings (SSSR count). The summed E-state index contributed by atoms with van der Waals surface area (Å²) in [6, 6.07) is 5.79. The summed E-state index contributed by atoms with van der Waals surface area (Å²) in [5.74, 6) is 0.501. The Morgan fingerprint density at radius 1 is 1.62 bits per heavy atom. The molecule has 0 saturated carbocycles. The fraction of sp³-hybridized carbons (Fsp3) is 0.500. The van der Waals surface area contributed by atoms with Crippen LogP contribution in [-0.2, 0) is 0 Å². The van der Waals surface area contributed by atoms with Crippen LogP contribution in [0.25, 0.3) is 0 Å². The van der Waals surface area contributed by atoms with Gasteiger partial charge in [-0.25, -0.2) is 4.98 Å². The first-order chi connectivity index (χ1) is 7.76. The van der Waals surface area contributed by atoms with Gasteiger partial charge in [-0.3, -0.25) is 0 Å². The Balaban J connectivity index is 2.21. The van der Waals surface area contributed by atoms with Gasteiger partial charge in [-0.15, -0.1) is 0 Å². The molecule has 1 aromatic heterocycles. The summed E-state index contributed by atoms with van der Waals surface area (Å²) in [6.45, 7) is 3.26. The first-order valence-electron chi connectivity index (χ1n) is 5.50. The molecule has 2 heterocycles. The van der Waals surface area contributed by atoms with Gasteiger partial charge >= 0.3 is 0 Å². The Bertz CT molecular complexity index is 396. The zero-order chi connectivity index (χ0) is 11.5. The molecule has 84 valence electrons. The zero-order valence-corrected chi connectivity index (χ0v) is 9.30. The van der Waals surface area contributed by atoms with E-state index in [1.54, 1.807) is 12.3 Å². The number of aliphatic hydroxyl groups is 1. The normalized spacial score (nSPS) is 24.4. The summed E-state index contributed by atoms with van der Waals surface area (Å²) in [5.41, 5.74) is 1.42. The van der Waals surface area contributed by atoms with Gasteiger partial charge in [-0.2, -0.15) is 5.26 Å². The molecule has 4 heteroatoms. The van der Waals surface area contributed by atoms with Gasteiger partial charge in [-0.1, -0.05) is 6.92 Å². The molecule has 1 aliphatic rings. The van der Waals surface area contributed by atoms with Crippen LogP contribution in [0, 0.1) is 17.2 Å². The van der Waals surface area contributed by atoms with E-state index in [1.807, 2.05) is 12.1 Å². The number of hydrogen-bond donors (Lipinski definition) is 1. The molecule has 1 aromatic rings. The molecule has 1 fully saturated rings. The van der Waals surface area contributed by atoms with E-state index >= 15 is 0 Å². The Morgan fingerprint density at radius 3 is 3.00 bits per heavy atom. The number of nitrogens with zero attached hydrogens (tertiary/aromatic N) is 3. The zero-order valence-electron chi connectivity index (χ0n) is 9.30. The number of hydrogen-bond acceptors (Lipinski definition) is 4. The summed E-state index contributed by atoms with van der Waals surface area (Å²) in [4.78, 5) is 6.22. The van der Waals surface area contributed by atoms with Crippen LogP contribution in [0.2, 0.25) is 0 Å². The fourth-order valence-corrected chi connectivity index (χ4v) is 2.23. The van der Waals surface area contributed by atoms with Gasteiger partial charge in [0.05, 0.1) is 24.5 Å². The molecule has 0 aromatic carbocycles. The lowest BCUT2D eigenvalue weighted by Gasteiger charge is -2.26. The quantitative estimate of drug-likeness (QED) is 0.807. The van der Waals surface area contributed by atoms with Crippen LogP contribution in [0.1, 0.15) is 19.0 Å². The van der Waals surface area contributed by atoms with E-state index in [0.29, 0.717) is 11.6 Å². The van der Waals surface area contributed by atoms with Crippen molar-refractivity contribution in [3.05, 3.63) is 24.0 Å². The summed E-state index contributed by atoms with van der Waals surface area (Å²) in [6.07, 6.45) is 2.80. The van der Waals surface area contributed by atoms with Crippen molar-refractivity contribution in [3.63, 3.8) is 0 Å². The first-order valence-corrected chi connectivity index (χ1v) is 5.50. The number of aliphatic hydroxyl groups excluding tert-OH is 1.